The normalized spacial score (nSPS) is 12.4. The third-order valence-electron chi connectivity index (χ3n) is 3.52. The zero-order valence-electron chi connectivity index (χ0n) is 12.0. The molecular formula is C18H20BrCl. The van der Waals surface area contributed by atoms with Gasteiger partial charge in [-0.15, -0.1) is 0 Å². The molecule has 0 radical (unpaired) electrons. The van der Waals surface area contributed by atoms with E-state index in [0.717, 1.165) is 17.0 Å². The molecule has 0 saturated carbocycles. The monoisotopic (exact) mass is 350 g/mol. The Morgan fingerprint density at radius 1 is 1.10 bits per heavy atom. The van der Waals surface area contributed by atoms with Crippen molar-refractivity contribution in [1.82, 2.24) is 0 Å². The predicted molar refractivity (Wildman–Crippen MR) is 92.0 cm³/mol. The summed E-state index contributed by atoms with van der Waals surface area (Å²) < 4.78 is 0. The molecule has 0 amide bonds. The average Bonchev–Trinajstić information content (AvgIpc) is 2.45. The summed E-state index contributed by atoms with van der Waals surface area (Å²) in [5, 5.41) is 0.821. The highest BCUT2D eigenvalue weighted by Gasteiger charge is 2.13. The molecule has 0 N–H and O–H groups in total. The van der Waals surface area contributed by atoms with Crippen LogP contribution in [-0.4, -0.2) is 0 Å². The van der Waals surface area contributed by atoms with Crippen molar-refractivity contribution in [3.63, 3.8) is 0 Å². The zero-order chi connectivity index (χ0) is 14.5. The van der Waals surface area contributed by atoms with Gasteiger partial charge in [0.1, 0.15) is 0 Å². The maximum atomic E-state index is 6.34. The van der Waals surface area contributed by atoms with Crippen LogP contribution in [0.5, 0.6) is 0 Å². The highest BCUT2D eigenvalue weighted by atomic mass is 79.9. The van der Waals surface area contributed by atoms with Crippen LogP contribution >= 0.6 is 27.5 Å². The Hall–Kier alpha value is -0.790. The first-order valence-electron chi connectivity index (χ1n) is 7.10. The van der Waals surface area contributed by atoms with Crippen molar-refractivity contribution in [1.29, 1.82) is 0 Å². The molecule has 2 heteroatoms. The van der Waals surface area contributed by atoms with Crippen molar-refractivity contribution in [2.24, 2.45) is 0 Å². The van der Waals surface area contributed by atoms with Gasteiger partial charge in [-0.25, -0.2) is 0 Å². The largest absolute Gasteiger partial charge is 0.0840 e. The van der Waals surface area contributed by atoms with Crippen LogP contribution in [0.15, 0.2) is 42.5 Å². The van der Waals surface area contributed by atoms with Crippen LogP contribution < -0.4 is 0 Å². The number of rotatable bonds is 5. The van der Waals surface area contributed by atoms with Gasteiger partial charge in [0, 0.05) is 5.02 Å². The van der Waals surface area contributed by atoms with Crippen molar-refractivity contribution in [3.05, 3.63) is 69.7 Å². The van der Waals surface area contributed by atoms with Gasteiger partial charge in [-0.1, -0.05) is 77.3 Å². The number of hydrogen-bond acceptors (Lipinski definition) is 0. The Kier molecular flexibility index (Phi) is 5.68. The smallest absolute Gasteiger partial charge is 0.0659 e. The van der Waals surface area contributed by atoms with Crippen molar-refractivity contribution in [3.8, 4) is 0 Å². The van der Waals surface area contributed by atoms with E-state index in [1.54, 1.807) is 0 Å². The Balaban J connectivity index is 2.18. The quantitative estimate of drug-likeness (QED) is 0.541. The van der Waals surface area contributed by atoms with Gasteiger partial charge in [0.15, 0.2) is 0 Å². The van der Waals surface area contributed by atoms with E-state index in [0.29, 0.717) is 0 Å². The summed E-state index contributed by atoms with van der Waals surface area (Å²) in [5.74, 6) is 0. The Labute approximate surface area is 135 Å². The maximum Gasteiger partial charge on any atom is 0.0659 e. The van der Waals surface area contributed by atoms with Gasteiger partial charge >= 0.3 is 0 Å². The third-order valence-corrected chi connectivity index (χ3v) is 4.87. The maximum absolute atomic E-state index is 6.34. The highest BCUT2D eigenvalue weighted by molar-refractivity contribution is 9.09. The van der Waals surface area contributed by atoms with Gasteiger partial charge in [0.2, 0.25) is 0 Å². The summed E-state index contributed by atoms with van der Waals surface area (Å²) in [6.07, 6.45) is 3.65. The molecular weight excluding hydrogens is 332 g/mol. The fraction of sp³-hybridized carbons (Fsp3) is 0.333. The molecule has 2 aromatic carbocycles. The molecule has 0 spiro atoms. The third kappa shape index (κ3) is 3.86. The Morgan fingerprint density at radius 3 is 2.40 bits per heavy atom. The molecule has 1 atom stereocenters. The van der Waals surface area contributed by atoms with E-state index < -0.39 is 0 Å². The van der Waals surface area contributed by atoms with Crippen molar-refractivity contribution < 1.29 is 0 Å². The zero-order valence-corrected chi connectivity index (χ0v) is 14.3. The lowest BCUT2D eigenvalue weighted by Gasteiger charge is -2.14. The fourth-order valence-electron chi connectivity index (χ4n) is 2.25. The van der Waals surface area contributed by atoms with E-state index in [2.05, 4.69) is 66.2 Å². The van der Waals surface area contributed by atoms with E-state index in [-0.39, 0.29) is 4.83 Å². The van der Waals surface area contributed by atoms with E-state index in [1.807, 2.05) is 6.07 Å². The molecule has 0 fully saturated rings. The van der Waals surface area contributed by atoms with Gasteiger partial charge in [-0.3, -0.25) is 0 Å². The van der Waals surface area contributed by atoms with Gasteiger partial charge in [-0.2, -0.15) is 0 Å². The molecule has 0 aliphatic rings. The molecule has 0 saturated heterocycles. The minimum absolute atomic E-state index is 0.149. The molecule has 0 heterocycles. The number of halogens is 2. The van der Waals surface area contributed by atoms with Crippen LogP contribution in [0.3, 0.4) is 0 Å². The lowest BCUT2D eigenvalue weighted by Crippen LogP contribution is -1.95. The summed E-state index contributed by atoms with van der Waals surface area (Å²) in [6.45, 7) is 4.28. The summed E-state index contributed by atoms with van der Waals surface area (Å²) >= 11 is 10.1. The molecule has 1 unspecified atom stereocenters. The van der Waals surface area contributed by atoms with Gasteiger partial charge in [0.25, 0.3) is 0 Å². The first-order chi connectivity index (χ1) is 9.61. The van der Waals surface area contributed by atoms with Crippen molar-refractivity contribution in [2.45, 2.75) is 37.9 Å². The number of unbranched alkanes of at least 4 members (excludes halogenated alkanes) is 1. The number of benzene rings is 2. The van der Waals surface area contributed by atoms with Crippen LogP contribution in [-0.2, 0) is 6.42 Å². The predicted octanol–water partition coefficient (Wildman–Crippen LogP) is 6.48. The van der Waals surface area contributed by atoms with E-state index in [1.165, 1.54) is 29.5 Å². The van der Waals surface area contributed by atoms with Crippen LogP contribution in [0.25, 0.3) is 0 Å². The summed E-state index contributed by atoms with van der Waals surface area (Å²) in [5.41, 5.74) is 4.97. The Morgan fingerprint density at radius 2 is 1.80 bits per heavy atom. The lowest BCUT2D eigenvalue weighted by atomic mass is 10.0. The molecule has 20 heavy (non-hydrogen) atoms. The van der Waals surface area contributed by atoms with Crippen LogP contribution in [0.2, 0.25) is 5.02 Å². The summed E-state index contributed by atoms with van der Waals surface area (Å²) in [4.78, 5) is 0.149. The fourth-order valence-corrected chi connectivity index (χ4v) is 3.43. The van der Waals surface area contributed by atoms with Gasteiger partial charge in [-0.05, 0) is 48.1 Å². The minimum atomic E-state index is 0.149. The molecule has 0 nitrogen and oxygen atoms in total. The second-order valence-corrected chi connectivity index (χ2v) is 6.56. The molecule has 0 aliphatic heterocycles. The van der Waals surface area contributed by atoms with E-state index in [4.69, 9.17) is 11.6 Å². The minimum Gasteiger partial charge on any atom is -0.0840 e. The first-order valence-corrected chi connectivity index (χ1v) is 8.40. The summed E-state index contributed by atoms with van der Waals surface area (Å²) in [7, 11) is 0. The van der Waals surface area contributed by atoms with Crippen molar-refractivity contribution >= 4 is 27.5 Å². The molecule has 0 aromatic heterocycles. The van der Waals surface area contributed by atoms with E-state index in [9.17, 15) is 0 Å². The second-order valence-electron chi connectivity index (χ2n) is 5.23. The van der Waals surface area contributed by atoms with E-state index >= 15 is 0 Å². The SMILES string of the molecule is CCCCc1ccc(C(Br)c2ccc(C)cc2Cl)cc1. The topological polar surface area (TPSA) is 0 Å². The van der Waals surface area contributed by atoms with Gasteiger partial charge in [0.05, 0.1) is 4.83 Å². The average molecular weight is 352 g/mol. The van der Waals surface area contributed by atoms with Gasteiger partial charge < -0.3 is 0 Å². The Bertz CT molecular complexity index is 560. The molecule has 0 bridgehead atoms. The molecule has 2 aromatic rings. The molecule has 106 valence electrons. The van der Waals surface area contributed by atoms with Crippen LogP contribution in [0.4, 0.5) is 0 Å². The molecule has 2 rings (SSSR count). The number of hydrogen-bond donors (Lipinski definition) is 0. The second kappa shape index (κ2) is 7.28. The highest BCUT2D eigenvalue weighted by Crippen LogP contribution is 2.35. The first kappa shape index (κ1) is 15.6. The number of alkyl halides is 1. The number of aryl methyl sites for hydroxylation is 2. The summed E-state index contributed by atoms with van der Waals surface area (Å²) in [6, 6.07) is 15.1. The lowest BCUT2D eigenvalue weighted by molar-refractivity contribution is 0.795. The van der Waals surface area contributed by atoms with Crippen LogP contribution in [0, 0.1) is 6.92 Å². The standard InChI is InChI=1S/C18H20BrCl/c1-3-4-5-14-7-9-15(10-8-14)18(19)16-11-6-13(2)12-17(16)20/h6-12,18H,3-5H2,1-2H3. The molecule has 0 aliphatic carbocycles. The van der Waals surface area contributed by atoms with Crippen LogP contribution in [0.1, 0.15) is 46.8 Å². The van der Waals surface area contributed by atoms with Crippen molar-refractivity contribution in [2.75, 3.05) is 0 Å².